The molecule has 0 radical (unpaired) electrons. The van der Waals surface area contributed by atoms with E-state index in [-0.39, 0.29) is 0 Å². The first-order valence-electron chi connectivity index (χ1n) is 7.71. The van der Waals surface area contributed by atoms with Crippen molar-refractivity contribution < 1.29 is 9.90 Å². The third-order valence-corrected chi connectivity index (χ3v) is 4.08. The number of likely N-dealkylation sites (N-methyl/N-ethyl adjacent to an activating group) is 1. The van der Waals surface area contributed by atoms with Gasteiger partial charge < -0.3 is 10.0 Å². The Morgan fingerprint density at radius 2 is 1.71 bits per heavy atom. The second-order valence-corrected chi connectivity index (χ2v) is 6.42. The SMILES string of the molecule is CC(C)Cc1ccc(C(C(=O)O)N2CCN(C)CC2)cc1. The van der Waals surface area contributed by atoms with Crippen LogP contribution in [-0.4, -0.2) is 54.1 Å². The molecule has 1 aliphatic heterocycles. The summed E-state index contributed by atoms with van der Waals surface area (Å²) in [5, 5.41) is 9.60. The number of piperazine rings is 1. The highest BCUT2D eigenvalue weighted by atomic mass is 16.4. The zero-order valence-electron chi connectivity index (χ0n) is 13.2. The van der Waals surface area contributed by atoms with Crippen molar-refractivity contribution in [2.24, 2.45) is 5.92 Å². The van der Waals surface area contributed by atoms with Crippen LogP contribution in [0.15, 0.2) is 24.3 Å². The maximum Gasteiger partial charge on any atom is 0.325 e. The molecule has 1 heterocycles. The van der Waals surface area contributed by atoms with Crippen molar-refractivity contribution in [2.75, 3.05) is 33.2 Å². The summed E-state index contributed by atoms with van der Waals surface area (Å²) in [4.78, 5) is 16.0. The van der Waals surface area contributed by atoms with Crippen molar-refractivity contribution in [3.63, 3.8) is 0 Å². The summed E-state index contributed by atoms with van der Waals surface area (Å²) in [6.45, 7) is 7.85. The van der Waals surface area contributed by atoms with E-state index in [2.05, 4.69) is 42.8 Å². The lowest BCUT2D eigenvalue weighted by molar-refractivity contribution is -0.144. The van der Waals surface area contributed by atoms with Crippen LogP contribution in [0.5, 0.6) is 0 Å². The highest BCUT2D eigenvalue weighted by molar-refractivity contribution is 5.75. The van der Waals surface area contributed by atoms with Crippen molar-refractivity contribution in [3.8, 4) is 0 Å². The van der Waals surface area contributed by atoms with Crippen LogP contribution in [0.25, 0.3) is 0 Å². The molecule has 1 aromatic rings. The Kier molecular flexibility index (Phi) is 5.37. The number of hydrogen-bond donors (Lipinski definition) is 1. The standard InChI is InChI=1S/C17H26N2O2/c1-13(2)12-14-4-6-15(7-5-14)16(17(20)21)19-10-8-18(3)9-11-19/h4-7,13,16H,8-12H2,1-3H3,(H,20,21). The van der Waals surface area contributed by atoms with Crippen molar-refractivity contribution in [1.29, 1.82) is 0 Å². The lowest BCUT2D eigenvalue weighted by atomic mass is 9.98. The van der Waals surface area contributed by atoms with Gasteiger partial charge in [0.15, 0.2) is 0 Å². The maximum absolute atomic E-state index is 11.7. The number of carboxylic acid groups (broad SMARTS) is 1. The second-order valence-electron chi connectivity index (χ2n) is 6.42. The minimum atomic E-state index is -0.754. The van der Waals surface area contributed by atoms with E-state index in [1.807, 2.05) is 12.1 Å². The lowest BCUT2D eigenvalue weighted by Gasteiger charge is -2.36. The lowest BCUT2D eigenvalue weighted by Crippen LogP contribution is -2.47. The van der Waals surface area contributed by atoms with Gasteiger partial charge in [-0.15, -0.1) is 0 Å². The molecule has 21 heavy (non-hydrogen) atoms. The van der Waals surface area contributed by atoms with Gasteiger partial charge in [0.1, 0.15) is 6.04 Å². The van der Waals surface area contributed by atoms with E-state index in [4.69, 9.17) is 0 Å². The first-order chi connectivity index (χ1) is 9.97. The monoisotopic (exact) mass is 290 g/mol. The molecule has 116 valence electrons. The molecule has 4 nitrogen and oxygen atoms in total. The van der Waals surface area contributed by atoms with Crippen LogP contribution in [0.2, 0.25) is 0 Å². The normalized spacial score (nSPS) is 18.9. The molecule has 1 unspecified atom stereocenters. The van der Waals surface area contributed by atoms with Gasteiger partial charge in [-0.3, -0.25) is 9.69 Å². The summed E-state index contributed by atoms with van der Waals surface area (Å²) in [7, 11) is 2.08. The summed E-state index contributed by atoms with van der Waals surface area (Å²) in [6.07, 6.45) is 1.03. The minimum Gasteiger partial charge on any atom is -0.480 e. The number of hydrogen-bond acceptors (Lipinski definition) is 3. The third kappa shape index (κ3) is 4.29. The van der Waals surface area contributed by atoms with E-state index in [0.717, 1.165) is 38.2 Å². The molecule has 2 rings (SSSR count). The zero-order chi connectivity index (χ0) is 15.4. The summed E-state index contributed by atoms with van der Waals surface area (Å²) in [6, 6.07) is 7.58. The van der Waals surface area contributed by atoms with Crippen LogP contribution in [-0.2, 0) is 11.2 Å². The molecule has 0 aromatic heterocycles. The number of aliphatic carboxylic acids is 1. The van der Waals surface area contributed by atoms with Crippen molar-refractivity contribution in [1.82, 2.24) is 9.80 Å². The van der Waals surface area contributed by atoms with E-state index in [0.29, 0.717) is 5.92 Å². The number of nitrogens with zero attached hydrogens (tertiary/aromatic N) is 2. The Morgan fingerprint density at radius 1 is 1.14 bits per heavy atom. The largest absolute Gasteiger partial charge is 0.480 e. The van der Waals surface area contributed by atoms with Crippen LogP contribution in [0.1, 0.15) is 31.0 Å². The van der Waals surface area contributed by atoms with Gasteiger partial charge in [0.05, 0.1) is 0 Å². The summed E-state index contributed by atoms with van der Waals surface area (Å²) >= 11 is 0. The molecule has 1 atom stereocenters. The Bertz CT molecular complexity index is 462. The molecular weight excluding hydrogens is 264 g/mol. The molecule has 0 bridgehead atoms. The van der Waals surface area contributed by atoms with Gasteiger partial charge in [0.2, 0.25) is 0 Å². The smallest absolute Gasteiger partial charge is 0.325 e. The third-order valence-electron chi connectivity index (χ3n) is 4.08. The molecule has 1 aliphatic rings. The van der Waals surface area contributed by atoms with Crippen molar-refractivity contribution >= 4 is 5.97 Å². The highest BCUT2D eigenvalue weighted by Crippen LogP contribution is 2.23. The second kappa shape index (κ2) is 7.05. The number of rotatable bonds is 5. The highest BCUT2D eigenvalue weighted by Gasteiger charge is 2.29. The van der Waals surface area contributed by atoms with Gasteiger partial charge in [-0.1, -0.05) is 38.1 Å². The van der Waals surface area contributed by atoms with Crippen LogP contribution >= 0.6 is 0 Å². The summed E-state index contributed by atoms with van der Waals surface area (Å²) < 4.78 is 0. The topological polar surface area (TPSA) is 43.8 Å². The fourth-order valence-corrected chi connectivity index (χ4v) is 2.90. The van der Waals surface area contributed by atoms with Gasteiger partial charge in [-0.25, -0.2) is 0 Å². The van der Waals surface area contributed by atoms with Crippen LogP contribution in [0.4, 0.5) is 0 Å². The van der Waals surface area contributed by atoms with Gasteiger partial charge in [-0.2, -0.15) is 0 Å². The summed E-state index contributed by atoms with van der Waals surface area (Å²) in [5.74, 6) is -0.139. The van der Waals surface area contributed by atoms with Gasteiger partial charge in [-0.05, 0) is 30.5 Å². The Labute approximate surface area is 127 Å². The Balaban J connectivity index is 2.13. The van der Waals surface area contributed by atoms with Crippen molar-refractivity contribution in [2.45, 2.75) is 26.3 Å². The molecule has 1 N–H and O–H groups in total. The molecule has 0 saturated carbocycles. The quantitative estimate of drug-likeness (QED) is 0.903. The molecule has 0 spiro atoms. The predicted molar refractivity (Wildman–Crippen MR) is 84.4 cm³/mol. The maximum atomic E-state index is 11.7. The van der Waals surface area contributed by atoms with Gasteiger partial charge >= 0.3 is 5.97 Å². The van der Waals surface area contributed by atoms with E-state index in [1.54, 1.807) is 0 Å². The van der Waals surface area contributed by atoms with E-state index < -0.39 is 12.0 Å². The minimum absolute atomic E-state index is 0.521. The van der Waals surface area contributed by atoms with Crippen LogP contribution in [0, 0.1) is 5.92 Å². The van der Waals surface area contributed by atoms with Gasteiger partial charge in [0, 0.05) is 26.2 Å². The van der Waals surface area contributed by atoms with Gasteiger partial charge in [0.25, 0.3) is 0 Å². The van der Waals surface area contributed by atoms with E-state index in [1.165, 1.54) is 5.56 Å². The molecule has 1 fully saturated rings. The first kappa shape index (κ1) is 16.0. The molecule has 1 saturated heterocycles. The Hall–Kier alpha value is -1.39. The van der Waals surface area contributed by atoms with E-state index in [9.17, 15) is 9.90 Å². The average Bonchev–Trinajstić information content (AvgIpc) is 2.42. The molecule has 0 aliphatic carbocycles. The molecule has 0 amide bonds. The first-order valence-corrected chi connectivity index (χ1v) is 7.71. The fourth-order valence-electron chi connectivity index (χ4n) is 2.90. The predicted octanol–water partition coefficient (Wildman–Crippen LogP) is 2.26. The Morgan fingerprint density at radius 3 is 2.19 bits per heavy atom. The number of carboxylic acids is 1. The van der Waals surface area contributed by atoms with Crippen LogP contribution in [0.3, 0.4) is 0 Å². The van der Waals surface area contributed by atoms with E-state index >= 15 is 0 Å². The average molecular weight is 290 g/mol. The molecule has 1 aromatic carbocycles. The summed E-state index contributed by atoms with van der Waals surface area (Å²) in [5.41, 5.74) is 2.16. The molecule has 4 heteroatoms. The van der Waals surface area contributed by atoms with Crippen molar-refractivity contribution in [3.05, 3.63) is 35.4 Å². The number of carbonyl (C=O) groups is 1. The zero-order valence-corrected chi connectivity index (χ0v) is 13.2. The van der Waals surface area contributed by atoms with Crippen LogP contribution < -0.4 is 0 Å². The molecular formula is C17H26N2O2. The fraction of sp³-hybridized carbons (Fsp3) is 0.588. The number of benzene rings is 1.